The van der Waals surface area contributed by atoms with Crippen LogP contribution in [0.2, 0.25) is 0 Å². The van der Waals surface area contributed by atoms with Gasteiger partial charge in [-0.2, -0.15) is 13.2 Å². The van der Waals surface area contributed by atoms with Gasteiger partial charge in [0.15, 0.2) is 0 Å². The van der Waals surface area contributed by atoms with Crippen molar-refractivity contribution in [2.24, 2.45) is 0 Å². The highest BCUT2D eigenvalue weighted by molar-refractivity contribution is 5.69. The standard InChI is InChI=1S/C22H21F3N2O/c1-15(17-6-4-3-5-7-17)26-13-16-12-20(21(28-2)27-14-16)18-8-10-19(11-9-18)22(23,24)25/h3-12,14-15,26H,13H2,1-2H3. The van der Waals surface area contributed by atoms with Gasteiger partial charge in [-0.3, -0.25) is 0 Å². The number of rotatable bonds is 6. The fourth-order valence-electron chi connectivity index (χ4n) is 2.93. The van der Waals surface area contributed by atoms with Crippen LogP contribution in [0.5, 0.6) is 5.88 Å². The topological polar surface area (TPSA) is 34.1 Å². The average molecular weight is 386 g/mol. The molecule has 1 unspecified atom stereocenters. The Bertz CT molecular complexity index is 909. The molecular formula is C22H21F3N2O. The molecule has 3 aromatic rings. The first-order valence-corrected chi connectivity index (χ1v) is 8.87. The summed E-state index contributed by atoms with van der Waals surface area (Å²) >= 11 is 0. The van der Waals surface area contributed by atoms with Crippen LogP contribution in [0.1, 0.15) is 29.7 Å². The Morgan fingerprint density at radius 3 is 2.32 bits per heavy atom. The SMILES string of the molecule is COc1ncc(CNC(C)c2ccccc2)cc1-c1ccc(C(F)(F)F)cc1. The highest BCUT2D eigenvalue weighted by Crippen LogP contribution is 2.33. The second-order valence-corrected chi connectivity index (χ2v) is 6.49. The molecule has 0 amide bonds. The Labute approximate surface area is 162 Å². The molecule has 1 atom stereocenters. The fraction of sp³-hybridized carbons (Fsp3) is 0.227. The molecule has 0 aliphatic rings. The minimum atomic E-state index is -4.36. The number of halogens is 3. The van der Waals surface area contributed by atoms with Crippen molar-refractivity contribution in [3.8, 4) is 17.0 Å². The van der Waals surface area contributed by atoms with E-state index in [1.807, 2.05) is 24.3 Å². The Kier molecular flexibility index (Phi) is 5.99. The number of alkyl halides is 3. The number of hydrogen-bond acceptors (Lipinski definition) is 3. The maximum absolute atomic E-state index is 12.8. The molecule has 1 heterocycles. The predicted octanol–water partition coefficient (Wildman–Crippen LogP) is 5.63. The van der Waals surface area contributed by atoms with Gasteiger partial charge in [-0.1, -0.05) is 42.5 Å². The normalized spacial score (nSPS) is 12.6. The molecule has 0 bridgehead atoms. The monoisotopic (exact) mass is 386 g/mol. The second-order valence-electron chi connectivity index (χ2n) is 6.49. The molecule has 0 fully saturated rings. The van der Waals surface area contributed by atoms with Crippen molar-refractivity contribution < 1.29 is 17.9 Å². The molecule has 0 saturated heterocycles. The molecule has 0 saturated carbocycles. The van der Waals surface area contributed by atoms with Crippen LogP contribution in [0.15, 0.2) is 66.9 Å². The van der Waals surface area contributed by atoms with Crippen LogP contribution in [-0.4, -0.2) is 12.1 Å². The largest absolute Gasteiger partial charge is 0.481 e. The molecule has 6 heteroatoms. The summed E-state index contributed by atoms with van der Waals surface area (Å²) in [5, 5.41) is 3.43. The van der Waals surface area contributed by atoms with Crippen LogP contribution in [0.4, 0.5) is 13.2 Å². The lowest BCUT2D eigenvalue weighted by atomic mass is 10.0. The van der Waals surface area contributed by atoms with E-state index >= 15 is 0 Å². The van der Waals surface area contributed by atoms with Gasteiger partial charge in [-0.15, -0.1) is 0 Å². The van der Waals surface area contributed by atoms with Gasteiger partial charge in [0.25, 0.3) is 0 Å². The summed E-state index contributed by atoms with van der Waals surface area (Å²) < 4.78 is 43.7. The number of methoxy groups -OCH3 is 1. The smallest absolute Gasteiger partial charge is 0.416 e. The molecule has 0 radical (unpaired) electrons. The summed E-state index contributed by atoms with van der Waals surface area (Å²) in [6.07, 6.45) is -2.66. The summed E-state index contributed by atoms with van der Waals surface area (Å²) in [4.78, 5) is 4.31. The molecule has 3 rings (SSSR count). The predicted molar refractivity (Wildman–Crippen MR) is 103 cm³/mol. The van der Waals surface area contributed by atoms with Gasteiger partial charge in [0.1, 0.15) is 0 Å². The summed E-state index contributed by atoms with van der Waals surface area (Å²) in [5.74, 6) is 0.375. The summed E-state index contributed by atoms with van der Waals surface area (Å²) in [6.45, 7) is 2.64. The van der Waals surface area contributed by atoms with Crippen molar-refractivity contribution in [2.75, 3.05) is 7.11 Å². The highest BCUT2D eigenvalue weighted by atomic mass is 19.4. The van der Waals surface area contributed by atoms with E-state index in [4.69, 9.17) is 4.74 Å². The van der Waals surface area contributed by atoms with Crippen LogP contribution in [0, 0.1) is 0 Å². The zero-order chi connectivity index (χ0) is 20.1. The lowest BCUT2D eigenvalue weighted by Crippen LogP contribution is -2.18. The molecule has 0 aliphatic carbocycles. The molecule has 146 valence electrons. The van der Waals surface area contributed by atoms with E-state index in [-0.39, 0.29) is 6.04 Å². The molecule has 2 aromatic carbocycles. The third-order valence-corrected chi connectivity index (χ3v) is 4.54. The highest BCUT2D eigenvalue weighted by Gasteiger charge is 2.30. The van der Waals surface area contributed by atoms with Crippen LogP contribution < -0.4 is 10.1 Å². The summed E-state index contributed by atoms with van der Waals surface area (Å²) in [5.41, 5.74) is 2.68. The number of benzene rings is 2. The van der Waals surface area contributed by atoms with E-state index in [0.29, 0.717) is 23.6 Å². The maximum atomic E-state index is 12.8. The number of hydrogen-bond donors (Lipinski definition) is 1. The van der Waals surface area contributed by atoms with Crippen molar-refractivity contribution in [1.29, 1.82) is 0 Å². The average Bonchev–Trinajstić information content (AvgIpc) is 2.72. The zero-order valence-corrected chi connectivity index (χ0v) is 15.6. The molecule has 0 spiro atoms. The second kappa shape index (κ2) is 8.44. The van der Waals surface area contributed by atoms with Crippen molar-refractivity contribution >= 4 is 0 Å². The number of aromatic nitrogens is 1. The lowest BCUT2D eigenvalue weighted by Gasteiger charge is -2.15. The molecule has 1 N–H and O–H groups in total. The van der Waals surface area contributed by atoms with Gasteiger partial charge >= 0.3 is 6.18 Å². The van der Waals surface area contributed by atoms with Crippen LogP contribution in [-0.2, 0) is 12.7 Å². The minimum absolute atomic E-state index is 0.151. The molecule has 3 nitrogen and oxygen atoms in total. The fourth-order valence-corrected chi connectivity index (χ4v) is 2.93. The van der Waals surface area contributed by atoms with Crippen molar-refractivity contribution in [1.82, 2.24) is 10.3 Å². The van der Waals surface area contributed by atoms with Crippen LogP contribution in [0.25, 0.3) is 11.1 Å². The zero-order valence-electron chi connectivity index (χ0n) is 15.6. The van der Waals surface area contributed by atoms with Gasteiger partial charge in [0.2, 0.25) is 5.88 Å². The summed E-state index contributed by atoms with van der Waals surface area (Å²) in [6, 6.07) is 17.1. The van der Waals surface area contributed by atoms with E-state index in [2.05, 4.69) is 29.4 Å². The first-order valence-electron chi connectivity index (χ1n) is 8.87. The van der Waals surface area contributed by atoms with E-state index in [9.17, 15) is 13.2 Å². The summed E-state index contributed by atoms with van der Waals surface area (Å²) in [7, 11) is 1.49. The maximum Gasteiger partial charge on any atom is 0.416 e. The Balaban J connectivity index is 1.80. The van der Waals surface area contributed by atoms with Gasteiger partial charge in [-0.25, -0.2) is 4.98 Å². The Morgan fingerprint density at radius 1 is 1.04 bits per heavy atom. The molecule has 0 aliphatic heterocycles. The van der Waals surface area contributed by atoms with Gasteiger partial charge in [0, 0.05) is 24.3 Å². The molecular weight excluding hydrogens is 365 g/mol. The van der Waals surface area contributed by atoms with E-state index in [1.165, 1.54) is 24.8 Å². The van der Waals surface area contributed by atoms with Gasteiger partial charge in [-0.05, 0) is 41.8 Å². The van der Waals surface area contributed by atoms with Crippen LogP contribution in [0.3, 0.4) is 0 Å². The van der Waals surface area contributed by atoms with Crippen molar-refractivity contribution in [2.45, 2.75) is 25.7 Å². The van der Waals surface area contributed by atoms with Gasteiger partial charge < -0.3 is 10.1 Å². The molecule has 28 heavy (non-hydrogen) atoms. The van der Waals surface area contributed by atoms with Crippen molar-refractivity contribution in [3.05, 3.63) is 83.6 Å². The van der Waals surface area contributed by atoms with E-state index in [1.54, 1.807) is 6.20 Å². The Morgan fingerprint density at radius 2 is 1.71 bits per heavy atom. The number of nitrogens with one attached hydrogen (secondary N) is 1. The first-order chi connectivity index (χ1) is 13.4. The number of pyridine rings is 1. The van der Waals surface area contributed by atoms with Crippen LogP contribution >= 0.6 is 0 Å². The lowest BCUT2D eigenvalue weighted by molar-refractivity contribution is -0.137. The molecule has 1 aromatic heterocycles. The quantitative estimate of drug-likeness (QED) is 0.596. The Hall–Kier alpha value is -2.86. The third-order valence-electron chi connectivity index (χ3n) is 4.54. The van der Waals surface area contributed by atoms with E-state index in [0.717, 1.165) is 17.7 Å². The number of ether oxygens (including phenoxy) is 1. The van der Waals surface area contributed by atoms with Gasteiger partial charge in [0.05, 0.1) is 12.7 Å². The van der Waals surface area contributed by atoms with E-state index < -0.39 is 11.7 Å². The van der Waals surface area contributed by atoms with Crippen molar-refractivity contribution in [3.63, 3.8) is 0 Å². The minimum Gasteiger partial charge on any atom is -0.481 e. The number of nitrogens with zero attached hydrogens (tertiary/aromatic N) is 1. The third kappa shape index (κ3) is 4.70. The first kappa shape index (κ1) is 19.9.